The molecule has 0 radical (unpaired) electrons. The van der Waals surface area contributed by atoms with Gasteiger partial charge in [-0.15, -0.1) is 10.2 Å². The summed E-state index contributed by atoms with van der Waals surface area (Å²) in [6.45, 7) is 3.52. The van der Waals surface area contributed by atoms with Crippen molar-refractivity contribution < 1.29 is 19.4 Å². The first-order chi connectivity index (χ1) is 11.9. The van der Waals surface area contributed by atoms with E-state index in [1.165, 1.54) is 23.9 Å². The first-order valence-corrected chi connectivity index (χ1v) is 8.69. The lowest BCUT2D eigenvalue weighted by atomic mass is 10.3. The van der Waals surface area contributed by atoms with Gasteiger partial charge in [-0.1, -0.05) is 23.4 Å². The van der Waals surface area contributed by atoms with Crippen LogP contribution in [-0.2, 0) is 9.59 Å². The number of carboxylic acid groups (broad SMARTS) is 1. The van der Waals surface area contributed by atoms with Gasteiger partial charge in [-0.3, -0.25) is 4.79 Å². The molecule has 0 fully saturated rings. The Kier molecular flexibility index (Phi) is 6.65. The van der Waals surface area contributed by atoms with Crippen LogP contribution in [0, 0.1) is 0 Å². The van der Waals surface area contributed by atoms with Crippen molar-refractivity contribution >= 4 is 40.9 Å². The minimum absolute atomic E-state index is 0.167. The highest BCUT2D eigenvalue weighted by atomic mass is 35.5. The quantitative estimate of drug-likeness (QED) is 0.674. The number of anilines is 1. The van der Waals surface area contributed by atoms with Crippen LogP contribution >= 0.6 is 23.4 Å². The molecule has 134 valence electrons. The number of nitrogens with zero attached hydrogens (tertiary/aromatic N) is 3. The number of thioether (sulfide) groups is 1. The lowest BCUT2D eigenvalue weighted by Gasteiger charge is -2.10. The molecule has 0 spiro atoms. The molecule has 0 aliphatic carbocycles. The number of hydrogen-bond donors (Lipinski definition) is 2. The number of ether oxygens (including phenoxy) is 1. The van der Waals surface area contributed by atoms with Crippen LogP contribution in [0.4, 0.5) is 5.69 Å². The van der Waals surface area contributed by atoms with Crippen LogP contribution in [0.5, 0.6) is 5.75 Å². The van der Waals surface area contributed by atoms with Crippen LogP contribution in [0.3, 0.4) is 0 Å². The zero-order chi connectivity index (χ0) is 18.4. The molecule has 1 aromatic heterocycles. The Morgan fingerprint density at radius 2 is 2.20 bits per heavy atom. The number of hydrogen-bond acceptors (Lipinski definition) is 6. The smallest absolute Gasteiger partial charge is 0.341 e. The summed E-state index contributed by atoms with van der Waals surface area (Å²) in [5.74, 6) is -0.917. The molecule has 10 heteroatoms. The Hall–Kier alpha value is -2.26. The Labute approximate surface area is 153 Å². The van der Waals surface area contributed by atoms with Crippen LogP contribution < -0.4 is 10.1 Å². The van der Waals surface area contributed by atoms with E-state index in [2.05, 4.69) is 15.5 Å². The monoisotopic (exact) mass is 384 g/mol. The van der Waals surface area contributed by atoms with E-state index in [0.29, 0.717) is 10.8 Å². The van der Waals surface area contributed by atoms with Gasteiger partial charge in [-0.2, -0.15) is 0 Å². The predicted octanol–water partition coefficient (Wildman–Crippen LogP) is 2.71. The summed E-state index contributed by atoms with van der Waals surface area (Å²) < 4.78 is 6.90. The molecule has 1 aromatic carbocycles. The standard InChI is InChI=1S/C15H17ClN4O4S/c1-9(2)20-8-17-19-15(20)25-7-13(21)18-10-3-4-12(11(16)5-10)24-6-14(22)23/h3-5,8-9H,6-7H2,1-2H3,(H,18,21)(H,22,23). The van der Waals surface area contributed by atoms with Gasteiger partial charge in [0.15, 0.2) is 11.8 Å². The molecular weight excluding hydrogens is 368 g/mol. The molecule has 0 atom stereocenters. The zero-order valence-electron chi connectivity index (χ0n) is 13.6. The highest BCUT2D eigenvalue weighted by molar-refractivity contribution is 7.99. The fourth-order valence-electron chi connectivity index (χ4n) is 1.85. The minimum Gasteiger partial charge on any atom is -0.480 e. The molecule has 0 unspecified atom stereocenters. The molecule has 2 rings (SSSR count). The maximum Gasteiger partial charge on any atom is 0.341 e. The van der Waals surface area contributed by atoms with Crippen LogP contribution in [0.2, 0.25) is 5.02 Å². The van der Waals surface area contributed by atoms with Gasteiger partial charge < -0.3 is 19.7 Å². The Balaban J connectivity index is 1.91. The van der Waals surface area contributed by atoms with Crippen molar-refractivity contribution in [1.29, 1.82) is 0 Å². The third-order valence-electron chi connectivity index (χ3n) is 3.00. The van der Waals surface area contributed by atoms with E-state index in [-0.39, 0.29) is 28.5 Å². The molecule has 1 amide bonds. The lowest BCUT2D eigenvalue weighted by Crippen LogP contribution is -2.15. The van der Waals surface area contributed by atoms with E-state index in [1.54, 1.807) is 12.4 Å². The van der Waals surface area contributed by atoms with E-state index in [9.17, 15) is 9.59 Å². The highest BCUT2D eigenvalue weighted by Crippen LogP contribution is 2.28. The molecule has 8 nitrogen and oxygen atoms in total. The molecule has 0 saturated heterocycles. The lowest BCUT2D eigenvalue weighted by molar-refractivity contribution is -0.139. The molecule has 2 aromatic rings. The van der Waals surface area contributed by atoms with Gasteiger partial charge in [0.2, 0.25) is 5.91 Å². The summed E-state index contributed by atoms with van der Waals surface area (Å²) in [7, 11) is 0. The number of aliphatic carboxylic acids is 1. The van der Waals surface area contributed by atoms with E-state index in [0.717, 1.165) is 0 Å². The predicted molar refractivity (Wildman–Crippen MR) is 94.3 cm³/mol. The maximum absolute atomic E-state index is 12.1. The normalized spacial score (nSPS) is 10.7. The second-order valence-corrected chi connectivity index (χ2v) is 6.63. The first kappa shape index (κ1) is 19.1. The second-order valence-electron chi connectivity index (χ2n) is 5.28. The summed E-state index contributed by atoms with van der Waals surface area (Å²) in [5, 5.41) is 20.0. The second kappa shape index (κ2) is 8.72. The van der Waals surface area contributed by atoms with Crippen molar-refractivity contribution in [1.82, 2.24) is 14.8 Å². The third-order valence-corrected chi connectivity index (χ3v) is 4.25. The van der Waals surface area contributed by atoms with Gasteiger partial charge >= 0.3 is 5.97 Å². The molecule has 25 heavy (non-hydrogen) atoms. The van der Waals surface area contributed by atoms with Gasteiger partial charge in [-0.25, -0.2) is 4.79 Å². The van der Waals surface area contributed by atoms with Crippen LogP contribution in [0.25, 0.3) is 0 Å². The van der Waals surface area contributed by atoms with Crippen molar-refractivity contribution in [3.05, 3.63) is 29.5 Å². The molecular formula is C15H17ClN4O4S. The number of nitrogens with one attached hydrogen (secondary N) is 1. The van der Waals surface area contributed by atoms with Crippen molar-refractivity contribution in [3.8, 4) is 5.75 Å². The zero-order valence-corrected chi connectivity index (χ0v) is 15.2. The van der Waals surface area contributed by atoms with Crippen LogP contribution in [-0.4, -0.2) is 44.1 Å². The van der Waals surface area contributed by atoms with Crippen molar-refractivity contribution in [3.63, 3.8) is 0 Å². The first-order valence-electron chi connectivity index (χ1n) is 7.33. The van der Waals surface area contributed by atoms with Gasteiger partial charge in [0.25, 0.3) is 0 Å². The van der Waals surface area contributed by atoms with Gasteiger partial charge in [-0.05, 0) is 32.0 Å². The number of rotatable bonds is 8. The Morgan fingerprint density at radius 3 is 2.84 bits per heavy atom. The van der Waals surface area contributed by atoms with E-state index in [1.807, 2.05) is 18.4 Å². The average Bonchev–Trinajstić information content (AvgIpc) is 3.01. The highest BCUT2D eigenvalue weighted by Gasteiger charge is 2.12. The number of carbonyl (C=O) groups excluding carboxylic acids is 1. The van der Waals surface area contributed by atoms with E-state index >= 15 is 0 Å². The third kappa shape index (κ3) is 5.64. The van der Waals surface area contributed by atoms with Crippen molar-refractivity contribution in [2.24, 2.45) is 0 Å². The average molecular weight is 385 g/mol. The minimum atomic E-state index is -1.10. The largest absolute Gasteiger partial charge is 0.480 e. The number of benzene rings is 1. The molecule has 2 N–H and O–H groups in total. The SMILES string of the molecule is CC(C)n1cnnc1SCC(=O)Nc1ccc(OCC(=O)O)c(Cl)c1. The number of carboxylic acids is 1. The maximum atomic E-state index is 12.1. The van der Waals surface area contributed by atoms with Crippen LogP contribution in [0.15, 0.2) is 29.7 Å². The van der Waals surface area contributed by atoms with Crippen LogP contribution in [0.1, 0.15) is 19.9 Å². The Bertz CT molecular complexity index is 766. The summed E-state index contributed by atoms with van der Waals surface area (Å²) in [6.07, 6.45) is 1.63. The number of carbonyl (C=O) groups is 2. The molecule has 0 bridgehead atoms. The van der Waals surface area contributed by atoms with Crippen molar-refractivity contribution in [2.45, 2.75) is 25.0 Å². The molecule has 0 aliphatic rings. The van der Waals surface area contributed by atoms with E-state index in [4.69, 9.17) is 21.4 Å². The van der Waals surface area contributed by atoms with E-state index < -0.39 is 12.6 Å². The van der Waals surface area contributed by atoms with Gasteiger partial charge in [0.1, 0.15) is 12.1 Å². The van der Waals surface area contributed by atoms with Crippen molar-refractivity contribution in [2.75, 3.05) is 17.7 Å². The summed E-state index contributed by atoms with van der Waals surface area (Å²) >= 11 is 7.30. The van der Waals surface area contributed by atoms with Gasteiger partial charge in [0, 0.05) is 11.7 Å². The summed E-state index contributed by atoms with van der Waals surface area (Å²) in [6, 6.07) is 4.79. The number of amides is 1. The Morgan fingerprint density at radius 1 is 1.44 bits per heavy atom. The fourth-order valence-corrected chi connectivity index (χ4v) is 2.93. The molecule has 1 heterocycles. The topological polar surface area (TPSA) is 106 Å². The number of halogens is 1. The molecule has 0 aliphatic heterocycles. The fraction of sp³-hybridized carbons (Fsp3) is 0.333. The summed E-state index contributed by atoms with van der Waals surface area (Å²) in [4.78, 5) is 22.6. The summed E-state index contributed by atoms with van der Waals surface area (Å²) in [5.41, 5.74) is 0.489. The van der Waals surface area contributed by atoms with Gasteiger partial charge in [0.05, 0.1) is 10.8 Å². The number of aromatic nitrogens is 3. The molecule has 0 saturated carbocycles.